The van der Waals surface area contributed by atoms with Gasteiger partial charge >= 0.3 is 0 Å². The molecule has 0 bridgehead atoms. The van der Waals surface area contributed by atoms with Gasteiger partial charge in [0.05, 0.1) is 35.4 Å². The lowest BCUT2D eigenvalue weighted by atomic mass is 9.96. The molecule has 0 fully saturated rings. The van der Waals surface area contributed by atoms with Crippen molar-refractivity contribution < 1.29 is 59.4 Å². The SMILES string of the molecule is CCCC[C@@H](CCC/C=C/[C@H](OCOC)[C@@H](O)CC[C@@H](O[Si](C)(C)C(C)(C)C)[C@@H](CC[C@H](OS(=O)(=O)c1ccc(C)cc1)[C@@H](CCCCCO[Si](C)(C)C(C)(C)C)OCOCC[Si](C)(C)C)O[Si](C)(C)C(C)(C)C)OCOCC[Si](C)(C)C. The zero-order chi connectivity index (χ0) is 63.6. The highest BCUT2D eigenvalue weighted by atomic mass is 32.2. The maximum absolute atomic E-state index is 14.5. The number of hydrogen-bond acceptors (Lipinski definition) is 13. The molecule has 1 N–H and O–H groups in total. The zero-order valence-electron chi connectivity index (χ0n) is 57.8. The monoisotopic (exact) mass is 1280 g/mol. The van der Waals surface area contributed by atoms with Crippen molar-refractivity contribution in [3.8, 4) is 0 Å². The van der Waals surface area contributed by atoms with E-state index in [-0.39, 0.29) is 39.7 Å². The molecule has 0 unspecified atom stereocenters. The van der Waals surface area contributed by atoms with E-state index >= 15 is 0 Å². The minimum Gasteiger partial charge on any atom is -0.417 e. The number of unbranched alkanes of at least 4 members (excludes halogenated alkanes) is 4. The van der Waals surface area contributed by atoms with Crippen LogP contribution in [0, 0.1) is 6.92 Å². The van der Waals surface area contributed by atoms with Crippen molar-refractivity contribution in [2.75, 3.05) is 47.3 Å². The molecule has 0 saturated carbocycles. The van der Waals surface area contributed by atoms with Gasteiger partial charge < -0.3 is 46.8 Å². The lowest BCUT2D eigenvalue weighted by Crippen LogP contribution is -2.52. The van der Waals surface area contributed by atoms with Gasteiger partial charge in [-0.2, -0.15) is 8.42 Å². The molecule has 0 aromatic heterocycles. The maximum atomic E-state index is 14.5. The number of hydrogen-bond donors (Lipinski definition) is 1. The van der Waals surface area contributed by atoms with Crippen LogP contribution >= 0.6 is 0 Å². The van der Waals surface area contributed by atoms with Crippen LogP contribution in [0.25, 0.3) is 0 Å². The third-order valence-electron chi connectivity index (χ3n) is 17.4. The second-order valence-electron chi connectivity index (χ2n) is 30.6. The fourth-order valence-electron chi connectivity index (χ4n) is 8.38. The van der Waals surface area contributed by atoms with Crippen LogP contribution in [-0.4, -0.2) is 145 Å². The van der Waals surface area contributed by atoms with Gasteiger partial charge in [0.2, 0.25) is 0 Å². The Morgan fingerprint density at radius 2 is 1.04 bits per heavy atom. The highest BCUT2D eigenvalue weighted by Gasteiger charge is 2.46. The first-order valence-electron chi connectivity index (χ1n) is 31.9. The van der Waals surface area contributed by atoms with Gasteiger partial charge in [0, 0.05) is 43.1 Å². The smallest absolute Gasteiger partial charge is 0.297 e. The van der Waals surface area contributed by atoms with Crippen LogP contribution in [0.1, 0.15) is 165 Å². The summed E-state index contributed by atoms with van der Waals surface area (Å²) in [5.74, 6) is 0. The van der Waals surface area contributed by atoms with Crippen molar-refractivity contribution in [2.24, 2.45) is 0 Å². The second-order valence-corrected chi connectivity index (χ2v) is 57.8. The standard InChI is InChI=1S/C64H130O13SSi5/c1-25-26-33-54(71-51-69-46-48-79(13,14)15)34-29-27-30-35-57(72-50-68-12)56(65)41-42-60(76-82(21,22)63(6,7)8)61(77-83(23,24)64(9,10)11)44-43-59(75-78(66,67)55-39-37-53(2)38-40-55)58(73-52-70-47-49-80(16,17)18)36-31-28-32-45-74-81(19,20)62(3,4)5/h30,35,37-40,54,56-61,65H,25-29,31-34,36,41-52H2,1-24H3/b35-30+/t54-,56-,57-,58+,59-,60+,61+/m0/s1. The van der Waals surface area contributed by atoms with Crippen LogP contribution in [0.2, 0.25) is 106 Å². The predicted octanol–water partition coefficient (Wildman–Crippen LogP) is 17.7. The van der Waals surface area contributed by atoms with Crippen LogP contribution in [0.15, 0.2) is 41.3 Å². The fourth-order valence-corrected chi connectivity index (χ4v) is 14.9. The normalized spacial score (nSPS) is 16.5. The van der Waals surface area contributed by atoms with Crippen molar-refractivity contribution in [2.45, 2.75) is 319 Å². The molecule has 13 nitrogen and oxygen atoms in total. The molecule has 0 heterocycles. The Hall–Kier alpha value is -0.446. The molecule has 0 saturated heterocycles. The van der Waals surface area contributed by atoms with Crippen molar-refractivity contribution in [3.63, 3.8) is 0 Å². The van der Waals surface area contributed by atoms with E-state index < -0.39 is 87.8 Å². The van der Waals surface area contributed by atoms with E-state index in [0.29, 0.717) is 52.1 Å². The molecule has 0 radical (unpaired) electrons. The molecule has 0 aliphatic rings. The molecule has 1 aromatic carbocycles. The summed E-state index contributed by atoms with van der Waals surface area (Å²) in [5, 5.41) is 12.0. The van der Waals surface area contributed by atoms with Crippen LogP contribution in [-0.2, 0) is 56.0 Å². The number of aliphatic hydroxyl groups excluding tert-OH is 1. The van der Waals surface area contributed by atoms with E-state index in [1.165, 1.54) is 0 Å². The number of ether oxygens (including phenoxy) is 6. The van der Waals surface area contributed by atoms with Crippen LogP contribution in [0.3, 0.4) is 0 Å². The summed E-state index contributed by atoms with van der Waals surface area (Å²) in [4.78, 5) is 0.0984. The Bertz CT molecular complexity index is 2010. The fraction of sp³-hybridized carbons (Fsp3) is 0.875. The molecule has 490 valence electrons. The zero-order valence-corrected chi connectivity index (χ0v) is 63.6. The quantitative estimate of drug-likeness (QED) is 0.0217. The first-order valence-corrected chi connectivity index (χ1v) is 49.5. The average molecular weight is 1280 g/mol. The van der Waals surface area contributed by atoms with Crippen molar-refractivity contribution in [1.82, 2.24) is 0 Å². The predicted molar refractivity (Wildman–Crippen MR) is 360 cm³/mol. The largest absolute Gasteiger partial charge is 0.417 e. The molecule has 1 rings (SSSR count). The summed E-state index contributed by atoms with van der Waals surface area (Å²) in [6.45, 7) is 54.4. The van der Waals surface area contributed by atoms with Crippen molar-refractivity contribution >= 4 is 51.2 Å². The summed E-state index contributed by atoms with van der Waals surface area (Å²) < 4.78 is 93.7. The molecule has 0 amide bonds. The average Bonchev–Trinajstić information content (AvgIpc) is 3.48. The van der Waals surface area contributed by atoms with E-state index in [4.69, 9.17) is 45.9 Å². The highest BCUT2D eigenvalue weighted by Crippen LogP contribution is 2.43. The van der Waals surface area contributed by atoms with Gasteiger partial charge in [0.25, 0.3) is 10.1 Å². The Labute approximate surface area is 516 Å². The Morgan fingerprint density at radius 3 is 1.53 bits per heavy atom. The number of methoxy groups -OCH3 is 1. The maximum Gasteiger partial charge on any atom is 0.297 e. The van der Waals surface area contributed by atoms with Gasteiger partial charge in [-0.1, -0.05) is 164 Å². The van der Waals surface area contributed by atoms with Gasteiger partial charge in [-0.05, 0) is 150 Å². The first kappa shape index (κ1) is 80.6. The van der Waals surface area contributed by atoms with Gasteiger partial charge in [-0.15, -0.1) is 0 Å². The lowest BCUT2D eigenvalue weighted by Gasteiger charge is -2.45. The lowest BCUT2D eigenvalue weighted by molar-refractivity contribution is -0.122. The minimum atomic E-state index is -4.25. The van der Waals surface area contributed by atoms with E-state index in [1.807, 2.05) is 13.0 Å². The topological polar surface area (TPSA) is 147 Å². The van der Waals surface area contributed by atoms with Crippen molar-refractivity contribution in [3.05, 3.63) is 42.0 Å². The molecule has 1 aromatic rings. The number of rotatable bonds is 46. The Morgan fingerprint density at radius 1 is 0.542 bits per heavy atom. The molecule has 19 heteroatoms. The third-order valence-corrected chi connectivity index (χ3v) is 35.7. The Balaban J connectivity index is 3.81. The first-order chi connectivity index (χ1) is 38.1. The number of allylic oxidation sites excluding steroid dienone is 1. The summed E-state index contributed by atoms with van der Waals surface area (Å²) in [5.41, 5.74) is 0.952. The van der Waals surface area contributed by atoms with E-state index in [1.54, 1.807) is 31.4 Å². The van der Waals surface area contributed by atoms with E-state index in [9.17, 15) is 13.5 Å². The number of benzene rings is 1. The van der Waals surface area contributed by atoms with Gasteiger partial charge in [0.1, 0.15) is 32.6 Å². The van der Waals surface area contributed by atoms with Gasteiger partial charge in [-0.3, -0.25) is 4.18 Å². The van der Waals surface area contributed by atoms with Crippen LogP contribution < -0.4 is 0 Å². The third kappa shape index (κ3) is 33.8. The highest BCUT2D eigenvalue weighted by molar-refractivity contribution is 7.86. The summed E-state index contributed by atoms with van der Waals surface area (Å²) in [7, 11) is -12.2. The van der Waals surface area contributed by atoms with E-state index in [0.717, 1.165) is 82.0 Å². The number of aliphatic hydroxyl groups is 1. The molecule has 0 aliphatic carbocycles. The molecule has 0 spiro atoms. The van der Waals surface area contributed by atoms with Gasteiger partial charge in [0.15, 0.2) is 25.0 Å². The Kier molecular flexibility index (Phi) is 36.5. The number of aryl methyl sites for hydroxylation is 1. The van der Waals surface area contributed by atoms with Gasteiger partial charge in [-0.25, -0.2) is 0 Å². The summed E-state index contributed by atoms with van der Waals surface area (Å²) in [6.07, 6.45) is 10.9. The van der Waals surface area contributed by atoms with Crippen LogP contribution in [0.5, 0.6) is 0 Å². The molecule has 83 heavy (non-hydrogen) atoms. The molecular formula is C64H130O13SSi5. The van der Waals surface area contributed by atoms with Crippen LogP contribution in [0.4, 0.5) is 0 Å². The summed E-state index contributed by atoms with van der Waals surface area (Å²) in [6, 6.07) is 8.93. The summed E-state index contributed by atoms with van der Waals surface area (Å²) >= 11 is 0. The molecule has 0 aliphatic heterocycles. The molecular weight excluding hydrogens is 1150 g/mol. The van der Waals surface area contributed by atoms with E-state index in [2.05, 4.69) is 154 Å². The second kappa shape index (κ2) is 37.7. The van der Waals surface area contributed by atoms with Crippen molar-refractivity contribution in [1.29, 1.82) is 0 Å². The molecule has 7 atom stereocenters. The minimum absolute atomic E-state index is 0.0238.